The van der Waals surface area contributed by atoms with E-state index in [-0.39, 0.29) is 5.91 Å². The van der Waals surface area contributed by atoms with Crippen LogP contribution in [0.5, 0.6) is 0 Å². The van der Waals surface area contributed by atoms with Crippen LogP contribution in [0.4, 0.5) is 0 Å². The first-order valence-electron chi connectivity index (χ1n) is 5.71. The molecule has 1 aromatic heterocycles. The van der Waals surface area contributed by atoms with Gasteiger partial charge in [-0.3, -0.25) is 4.79 Å². The van der Waals surface area contributed by atoms with Gasteiger partial charge in [0.25, 0.3) is 5.91 Å². The molecule has 1 heterocycles. The summed E-state index contributed by atoms with van der Waals surface area (Å²) in [6, 6.07) is 7.45. The van der Waals surface area contributed by atoms with Gasteiger partial charge in [-0.1, -0.05) is 15.9 Å². The predicted octanol–water partition coefficient (Wildman–Crippen LogP) is 2.49. The van der Waals surface area contributed by atoms with E-state index in [0.717, 1.165) is 22.0 Å². The Morgan fingerprint density at radius 3 is 2.94 bits per heavy atom. The van der Waals surface area contributed by atoms with Gasteiger partial charge >= 0.3 is 0 Å². The van der Waals surface area contributed by atoms with Gasteiger partial charge in [-0.15, -0.1) is 0 Å². The van der Waals surface area contributed by atoms with Crippen LogP contribution in [0.25, 0.3) is 11.0 Å². The van der Waals surface area contributed by atoms with E-state index in [1.807, 2.05) is 25.2 Å². The van der Waals surface area contributed by atoms with Crippen LogP contribution in [0.1, 0.15) is 10.6 Å². The van der Waals surface area contributed by atoms with Crippen molar-refractivity contribution in [1.29, 1.82) is 0 Å². The maximum Gasteiger partial charge on any atom is 0.289 e. The molecule has 0 unspecified atom stereocenters. The SMILES string of the molecule is CNCCN(C)C(=O)c1cc2cc(Br)ccc2o1. The zero-order chi connectivity index (χ0) is 13.1. The van der Waals surface area contributed by atoms with Crippen LogP contribution in [0, 0.1) is 0 Å². The molecule has 0 radical (unpaired) electrons. The summed E-state index contributed by atoms with van der Waals surface area (Å²) < 4.78 is 6.52. The lowest BCUT2D eigenvalue weighted by Gasteiger charge is -2.14. The topological polar surface area (TPSA) is 45.5 Å². The van der Waals surface area contributed by atoms with E-state index in [9.17, 15) is 4.79 Å². The Balaban J connectivity index is 2.22. The van der Waals surface area contributed by atoms with Gasteiger partial charge in [-0.25, -0.2) is 0 Å². The monoisotopic (exact) mass is 310 g/mol. The summed E-state index contributed by atoms with van der Waals surface area (Å²) in [6.07, 6.45) is 0. The molecule has 1 amide bonds. The summed E-state index contributed by atoms with van der Waals surface area (Å²) in [7, 11) is 3.62. The molecular formula is C13H15BrN2O2. The van der Waals surface area contributed by atoms with E-state index in [0.29, 0.717) is 12.3 Å². The van der Waals surface area contributed by atoms with Crippen molar-refractivity contribution in [3.05, 3.63) is 34.5 Å². The van der Waals surface area contributed by atoms with Gasteiger partial charge in [-0.2, -0.15) is 0 Å². The minimum Gasteiger partial charge on any atom is -0.451 e. The highest BCUT2D eigenvalue weighted by molar-refractivity contribution is 9.10. The Bertz CT molecular complexity index is 565. The Morgan fingerprint density at radius 2 is 2.22 bits per heavy atom. The average Bonchev–Trinajstić information content (AvgIpc) is 2.77. The number of benzene rings is 1. The van der Waals surface area contributed by atoms with Gasteiger partial charge in [0.15, 0.2) is 5.76 Å². The highest BCUT2D eigenvalue weighted by Gasteiger charge is 2.16. The largest absolute Gasteiger partial charge is 0.451 e. The van der Waals surface area contributed by atoms with Crippen molar-refractivity contribution in [1.82, 2.24) is 10.2 Å². The molecule has 5 heteroatoms. The molecule has 0 aliphatic rings. The number of halogens is 1. The van der Waals surface area contributed by atoms with Gasteiger partial charge in [0.1, 0.15) is 5.58 Å². The fraction of sp³-hybridized carbons (Fsp3) is 0.308. The summed E-state index contributed by atoms with van der Waals surface area (Å²) >= 11 is 3.40. The third-order valence-corrected chi connectivity index (χ3v) is 3.23. The van der Waals surface area contributed by atoms with E-state index in [1.54, 1.807) is 18.0 Å². The van der Waals surface area contributed by atoms with Crippen LogP contribution in [0.15, 0.2) is 33.2 Å². The van der Waals surface area contributed by atoms with E-state index in [1.165, 1.54) is 0 Å². The predicted molar refractivity (Wildman–Crippen MR) is 74.8 cm³/mol. The molecule has 0 atom stereocenters. The summed E-state index contributed by atoms with van der Waals surface area (Å²) in [6.45, 7) is 1.41. The van der Waals surface area contributed by atoms with Gasteiger partial charge < -0.3 is 14.6 Å². The minimum atomic E-state index is -0.0995. The molecule has 18 heavy (non-hydrogen) atoms. The van der Waals surface area contributed by atoms with Gasteiger partial charge in [0, 0.05) is 30.0 Å². The number of carbonyl (C=O) groups excluding carboxylic acids is 1. The first-order valence-corrected chi connectivity index (χ1v) is 6.50. The van der Waals surface area contributed by atoms with Crippen molar-refractivity contribution < 1.29 is 9.21 Å². The van der Waals surface area contributed by atoms with Gasteiger partial charge in [-0.05, 0) is 31.3 Å². The van der Waals surface area contributed by atoms with E-state index in [4.69, 9.17) is 4.42 Å². The number of likely N-dealkylation sites (N-methyl/N-ethyl adjacent to an activating group) is 2. The zero-order valence-corrected chi connectivity index (χ0v) is 12.0. The quantitative estimate of drug-likeness (QED) is 0.943. The number of furan rings is 1. The van der Waals surface area contributed by atoms with Gasteiger partial charge in [0.05, 0.1) is 0 Å². The first-order chi connectivity index (χ1) is 8.61. The van der Waals surface area contributed by atoms with Crippen molar-refractivity contribution in [2.75, 3.05) is 27.2 Å². The summed E-state index contributed by atoms with van der Waals surface area (Å²) in [5.74, 6) is 0.277. The van der Waals surface area contributed by atoms with Crippen molar-refractivity contribution in [2.24, 2.45) is 0 Å². The molecule has 0 spiro atoms. The van der Waals surface area contributed by atoms with Crippen molar-refractivity contribution in [3.8, 4) is 0 Å². The number of nitrogens with zero attached hydrogens (tertiary/aromatic N) is 1. The Kier molecular flexibility index (Phi) is 4.04. The lowest BCUT2D eigenvalue weighted by Crippen LogP contribution is -2.32. The molecule has 0 aliphatic heterocycles. The summed E-state index contributed by atoms with van der Waals surface area (Å²) in [5, 5.41) is 3.93. The second kappa shape index (κ2) is 5.54. The highest BCUT2D eigenvalue weighted by Crippen LogP contribution is 2.23. The van der Waals surface area contributed by atoms with Crippen LogP contribution in [0.3, 0.4) is 0 Å². The number of rotatable bonds is 4. The first kappa shape index (κ1) is 13.1. The summed E-state index contributed by atoms with van der Waals surface area (Å²) in [4.78, 5) is 13.7. The number of carbonyl (C=O) groups is 1. The Hall–Kier alpha value is -1.33. The van der Waals surface area contributed by atoms with E-state index in [2.05, 4.69) is 21.2 Å². The van der Waals surface area contributed by atoms with Crippen LogP contribution in [-0.4, -0.2) is 38.0 Å². The van der Waals surface area contributed by atoms with Crippen LogP contribution >= 0.6 is 15.9 Å². The lowest BCUT2D eigenvalue weighted by atomic mass is 10.2. The third kappa shape index (κ3) is 2.73. The molecule has 2 aromatic rings. The molecule has 0 fully saturated rings. The minimum absolute atomic E-state index is 0.0995. The van der Waals surface area contributed by atoms with Crippen LogP contribution in [-0.2, 0) is 0 Å². The lowest BCUT2D eigenvalue weighted by molar-refractivity contribution is 0.0768. The smallest absolute Gasteiger partial charge is 0.289 e. The normalized spacial score (nSPS) is 10.8. The van der Waals surface area contributed by atoms with Crippen LogP contribution < -0.4 is 5.32 Å². The number of nitrogens with one attached hydrogen (secondary N) is 1. The van der Waals surface area contributed by atoms with Crippen molar-refractivity contribution in [3.63, 3.8) is 0 Å². The fourth-order valence-electron chi connectivity index (χ4n) is 1.69. The molecule has 0 saturated carbocycles. The Morgan fingerprint density at radius 1 is 1.44 bits per heavy atom. The molecule has 0 saturated heterocycles. The number of hydrogen-bond acceptors (Lipinski definition) is 3. The standard InChI is InChI=1S/C13H15BrN2O2/c1-15-5-6-16(2)13(17)12-8-9-7-10(14)3-4-11(9)18-12/h3-4,7-8,15H,5-6H2,1-2H3. The average molecular weight is 311 g/mol. The molecule has 2 rings (SSSR count). The van der Waals surface area contributed by atoms with Crippen LogP contribution in [0.2, 0.25) is 0 Å². The number of amides is 1. The molecule has 0 bridgehead atoms. The molecule has 0 aliphatic carbocycles. The zero-order valence-electron chi connectivity index (χ0n) is 10.4. The molecule has 4 nitrogen and oxygen atoms in total. The van der Waals surface area contributed by atoms with Crippen molar-refractivity contribution >= 4 is 32.8 Å². The molecule has 96 valence electrons. The van der Waals surface area contributed by atoms with Crippen molar-refractivity contribution in [2.45, 2.75) is 0 Å². The van der Waals surface area contributed by atoms with E-state index < -0.39 is 0 Å². The fourth-order valence-corrected chi connectivity index (χ4v) is 2.07. The van der Waals surface area contributed by atoms with Gasteiger partial charge in [0.2, 0.25) is 0 Å². The maximum atomic E-state index is 12.1. The highest BCUT2D eigenvalue weighted by atomic mass is 79.9. The third-order valence-electron chi connectivity index (χ3n) is 2.73. The Labute approximate surface area is 114 Å². The number of fused-ring (bicyclic) bond motifs is 1. The van der Waals surface area contributed by atoms with E-state index >= 15 is 0 Å². The molecule has 1 N–H and O–H groups in total. The second-order valence-electron chi connectivity index (χ2n) is 4.12. The molecular weight excluding hydrogens is 296 g/mol. The number of hydrogen-bond donors (Lipinski definition) is 1. The second-order valence-corrected chi connectivity index (χ2v) is 5.04. The molecule has 1 aromatic carbocycles. The summed E-state index contributed by atoms with van der Waals surface area (Å²) in [5.41, 5.74) is 0.726. The maximum absolute atomic E-state index is 12.1.